The predicted octanol–water partition coefficient (Wildman–Crippen LogP) is 3.52. The van der Waals surface area contributed by atoms with Gasteiger partial charge < -0.3 is 10.2 Å². The van der Waals surface area contributed by atoms with Crippen molar-refractivity contribution in [3.63, 3.8) is 0 Å². The molecule has 0 spiro atoms. The van der Waals surface area contributed by atoms with Crippen LogP contribution in [-0.4, -0.2) is 35.0 Å². The minimum atomic E-state index is -0.00431. The van der Waals surface area contributed by atoms with Gasteiger partial charge >= 0.3 is 0 Å². The summed E-state index contributed by atoms with van der Waals surface area (Å²) in [5, 5.41) is 3.18. The summed E-state index contributed by atoms with van der Waals surface area (Å²) >= 11 is 3.45. The first-order valence-corrected chi connectivity index (χ1v) is 10.1. The van der Waals surface area contributed by atoms with Crippen LogP contribution in [0.2, 0.25) is 0 Å². The zero-order chi connectivity index (χ0) is 17.9. The lowest BCUT2D eigenvalue weighted by Crippen LogP contribution is -2.45. The number of nitrogens with zero attached hydrogens (tertiary/aromatic N) is 3. The van der Waals surface area contributed by atoms with Crippen LogP contribution in [0.15, 0.2) is 35.1 Å². The Kier molecular flexibility index (Phi) is 5.20. The van der Waals surface area contributed by atoms with Crippen LogP contribution in [0, 0.1) is 0 Å². The maximum Gasteiger partial charge on any atom is 0.252 e. The molecule has 2 aromatic rings. The van der Waals surface area contributed by atoms with Gasteiger partial charge in [-0.2, -0.15) is 0 Å². The molecule has 1 N–H and O–H groups in total. The normalized spacial score (nSPS) is 17.7. The first-order chi connectivity index (χ1) is 12.7. The monoisotopic (exact) mass is 414 g/mol. The van der Waals surface area contributed by atoms with E-state index in [9.17, 15) is 4.79 Å². The summed E-state index contributed by atoms with van der Waals surface area (Å²) in [6, 6.07) is 7.77. The van der Waals surface area contributed by atoms with Crippen LogP contribution < -0.4 is 10.2 Å². The van der Waals surface area contributed by atoms with E-state index >= 15 is 0 Å². The summed E-state index contributed by atoms with van der Waals surface area (Å²) in [5.41, 5.74) is 3.26. The van der Waals surface area contributed by atoms with Crippen molar-refractivity contribution in [2.45, 2.75) is 44.6 Å². The Morgan fingerprint density at radius 3 is 2.69 bits per heavy atom. The number of nitrogens with one attached hydrogen (secondary N) is 1. The van der Waals surface area contributed by atoms with E-state index in [1.54, 1.807) is 6.33 Å². The average Bonchev–Trinajstić information content (AvgIpc) is 2.68. The van der Waals surface area contributed by atoms with Gasteiger partial charge in [-0.3, -0.25) is 4.79 Å². The van der Waals surface area contributed by atoms with Crippen molar-refractivity contribution < 1.29 is 4.79 Å². The molecule has 0 bridgehead atoms. The van der Waals surface area contributed by atoms with Crippen LogP contribution in [0.4, 0.5) is 5.82 Å². The fourth-order valence-electron chi connectivity index (χ4n) is 3.92. The molecule has 0 radical (unpaired) electrons. The number of anilines is 1. The Balaban J connectivity index is 1.39. The second-order valence-electron chi connectivity index (χ2n) is 7.04. The summed E-state index contributed by atoms with van der Waals surface area (Å²) in [7, 11) is 0. The quantitative estimate of drug-likeness (QED) is 0.834. The van der Waals surface area contributed by atoms with E-state index in [2.05, 4.69) is 36.1 Å². The van der Waals surface area contributed by atoms with Gasteiger partial charge in [0.25, 0.3) is 5.91 Å². The molecule has 2 aliphatic rings. The van der Waals surface area contributed by atoms with E-state index < -0.39 is 0 Å². The highest BCUT2D eigenvalue weighted by atomic mass is 79.9. The Morgan fingerprint density at radius 2 is 1.88 bits per heavy atom. The number of benzene rings is 1. The molecule has 4 rings (SSSR count). The molecular weight excluding hydrogens is 392 g/mol. The fraction of sp³-hybridized carbons (Fsp3) is 0.450. The molecule has 5 nitrogen and oxygen atoms in total. The van der Waals surface area contributed by atoms with Crippen LogP contribution in [-0.2, 0) is 12.8 Å². The number of aryl methyl sites for hydroxylation is 1. The number of aromatic nitrogens is 2. The predicted molar refractivity (Wildman–Crippen MR) is 106 cm³/mol. The van der Waals surface area contributed by atoms with Gasteiger partial charge in [0.1, 0.15) is 12.1 Å². The number of amides is 1. The first kappa shape index (κ1) is 17.5. The second-order valence-corrected chi connectivity index (χ2v) is 7.90. The lowest BCUT2D eigenvalue weighted by Gasteiger charge is -2.35. The van der Waals surface area contributed by atoms with Crippen LogP contribution in [0.25, 0.3) is 0 Å². The average molecular weight is 415 g/mol. The van der Waals surface area contributed by atoms with E-state index in [1.807, 2.05) is 24.3 Å². The van der Waals surface area contributed by atoms with Crippen LogP contribution in [0.1, 0.15) is 47.3 Å². The van der Waals surface area contributed by atoms with E-state index in [0.29, 0.717) is 5.56 Å². The largest absolute Gasteiger partial charge is 0.356 e. The third-order valence-corrected chi connectivity index (χ3v) is 6.04. The van der Waals surface area contributed by atoms with Gasteiger partial charge in [-0.1, -0.05) is 12.1 Å². The van der Waals surface area contributed by atoms with E-state index in [1.165, 1.54) is 24.1 Å². The molecule has 0 saturated carbocycles. The summed E-state index contributed by atoms with van der Waals surface area (Å²) < 4.78 is 0.836. The lowest BCUT2D eigenvalue weighted by molar-refractivity contribution is 0.0930. The van der Waals surface area contributed by atoms with Gasteiger partial charge in [0.15, 0.2) is 0 Å². The molecular formula is C20H23BrN4O. The van der Waals surface area contributed by atoms with Gasteiger partial charge in [0.05, 0.1) is 5.56 Å². The molecule has 1 aromatic heterocycles. The molecule has 1 amide bonds. The van der Waals surface area contributed by atoms with Crippen LogP contribution in [0.3, 0.4) is 0 Å². The first-order valence-electron chi connectivity index (χ1n) is 9.35. The fourth-order valence-corrected chi connectivity index (χ4v) is 4.39. The number of hydrogen-bond acceptors (Lipinski definition) is 4. The molecule has 1 aromatic carbocycles. The molecule has 1 aliphatic carbocycles. The van der Waals surface area contributed by atoms with Crippen LogP contribution in [0.5, 0.6) is 0 Å². The highest BCUT2D eigenvalue weighted by Crippen LogP contribution is 2.29. The van der Waals surface area contributed by atoms with Crippen molar-refractivity contribution in [1.29, 1.82) is 0 Å². The minimum Gasteiger partial charge on any atom is -0.356 e. The summed E-state index contributed by atoms with van der Waals surface area (Å²) in [6.45, 7) is 1.84. The zero-order valence-corrected chi connectivity index (χ0v) is 16.3. The van der Waals surface area contributed by atoms with Crippen molar-refractivity contribution in [3.8, 4) is 0 Å². The second kappa shape index (κ2) is 7.74. The standard InChI is InChI=1S/C20H23BrN4O/c21-17-7-3-1-5-15(17)20(26)24-14-9-11-25(12-10-14)19-16-6-2-4-8-18(16)22-13-23-19/h1,3,5,7,13-14H,2,4,6,8-12H2,(H,24,26). The Hall–Kier alpha value is -1.95. The van der Waals surface area contributed by atoms with E-state index in [-0.39, 0.29) is 11.9 Å². The summed E-state index contributed by atoms with van der Waals surface area (Å²) in [4.78, 5) is 23.9. The molecule has 1 fully saturated rings. The number of rotatable bonds is 3. The summed E-state index contributed by atoms with van der Waals surface area (Å²) in [6.07, 6.45) is 8.20. The number of hydrogen-bond donors (Lipinski definition) is 1. The number of piperidine rings is 1. The lowest BCUT2D eigenvalue weighted by atomic mass is 9.95. The van der Waals surface area contributed by atoms with Gasteiger partial charge in [-0.05, 0) is 66.6 Å². The maximum absolute atomic E-state index is 12.5. The minimum absolute atomic E-state index is 0.00431. The van der Waals surface area contributed by atoms with Crippen molar-refractivity contribution in [2.75, 3.05) is 18.0 Å². The van der Waals surface area contributed by atoms with Gasteiger partial charge in [0, 0.05) is 34.9 Å². The van der Waals surface area contributed by atoms with Crippen molar-refractivity contribution in [3.05, 3.63) is 51.9 Å². The van der Waals surface area contributed by atoms with Gasteiger partial charge in [0.2, 0.25) is 0 Å². The SMILES string of the molecule is O=C(NC1CCN(c2ncnc3c2CCCC3)CC1)c1ccccc1Br. The number of fused-ring (bicyclic) bond motifs is 1. The third kappa shape index (κ3) is 3.61. The maximum atomic E-state index is 12.5. The Labute approximate surface area is 162 Å². The topological polar surface area (TPSA) is 58.1 Å². The van der Waals surface area contributed by atoms with Crippen molar-refractivity contribution in [2.24, 2.45) is 0 Å². The Morgan fingerprint density at radius 1 is 1.12 bits per heavy atom. The van der Waals surface area contributed by atoms with Gasteiger partial charge in [-0.25, -0.2) is 9.97 Å². The molecule has 136 valence electrons. The molecule has 2 heterocycles. The van der Waals surface area contributed by atoms with E-state index in [0.717, 1.165) is 49.1 Å². The van der Waals surface area contributed by atoms with Gasteiger partial charge in [-0.15, -0.1) is 0 Å². The molecule has 1 saturated heterocycles. The summed E-state index contributed by atoms with van der Waals surface area (Å²) in [5.74, 6) is 1.11. The smallest absolute Gasteiger partial charge is 0.252 e. The zero-order valence-electron chi connectivity index (χ0n) is 14.7. The van der Waals surface area contributed by atoms with E-state index in [4.69, 9.17) is 0 Å². The molecule has 0 atom stereocenters. The number of carbonyl (C=O) groups excluding carboxylic acids is 1. The molecule has 6 heteroatoms. The number of halogens is 1. The van der Waals surface area contributed by atoms with Crippen molar-refractivity contribution in [1.82, 2.24) is 15.3 Å². The molecule has 0 unspecified atom stereocenters. The highest BCUT2D eigenvalue weighted by molar-refractivity contribution is 9.10. The third-order valence-electron chi connectivity index (χ3n) is 5.35. The highest BCUT2D eigenvalue weighted by Gasteiger charge is 2.25. The molecule has 26 heavy (non-hydrogen) atoms. The van der Waals surface area contributed by atoms with Crippen LogP contribution >= 0.6 is 15.9 Å². The Bertz CT molecular complexity index is 802. The molecule has 1 aliphatic heterocycles. The number of carbonyl (C=O) groups is 1. The van der Waals surface area contributed by atoms with Crippen molar-refractivity contribution >= 4 is 27.7 Å².